The van der Waals surface area contributed by atoms with Crippen LogP contribution in [0.1, 0.15) is 21.7 Å². The highest BCUT2D eigenvalue weighted by Gasteiger charge is 2.21. The molecule has 29 heavy (non-hydrogen) atoms. The van der Waals surface area contributed by atoms with Crippen molar-refractivity contribution in [2.75, 3.05) is 5.32 Å². The molecule has 0 spiro atoms. The molecule has 1 aromatic carbocycles. The summed E-state index contributed by atoms with van der Waals surface area (Å²) in [5.74, 6) is -0.800. The van der Waals surface area contributed by atoms with Gasteiger partial charge in [0.05, 0.1) is 5.69 Å². The molecule has 0 aliphatic heterocycles. The number of rotatable bonds is 4. The zero-order chi connectivity index (χ0) is 20.5. The van der Waals surface area contributed by atoms with E-state index in [-0.39, 0.29) is 11.5 Å². The molecule has 4 rings (SSSR count). The Bertz CT molecular complexity index is 1180. The number of benzene rings is 1. The Labute approximate surface area is 170 Å². The van der Waals surface area contributed by atoms with Gasteiger partial charge in [0.1, 0.15) is 17.2 Å². The molecule has 4 aromatic rings. The van der Waals surface area contributed by atoms with Crippen molar-refractivity contribution in [1.82, 2.24) is 25.0 Å². The molecule has 3 heterocycles. The first-order valence-corrected chi connectivity index (χ1v) is 9.67. The minimum Gasteiger partial charge on any atom is -0.296 e. The Kier molecular flexibility index (Phi) is 4.89. The lowest BCUT2D eigenvalue weighted by atomic mass is 10.1. The number of carbonyl (C=O) groups is 1. The molecule has 3 aromatic heterocycles. The number of aryl methyl sites for hydroxylation is 3. The summed E-state index contributed by atoms with van der Waals surface area (Å²) in [5.41, 5.74) is 4.56. The molecule has 0 unspecified atom stereocenters. The average Bonchev–Trinajstić information content (AvgIpc) is 3.28. The molecule has 0 saturated heterocycles. The number of carbonyl (C=O) groups excluding carboxylic acids is 1. The summed E-state index contributed by atoms with van der Waals surface area (Å²) < 4.78 is 13.2. The summed E-state index contributed by atoms with van der Waals surface area (Å²) in [5, 5.41) is 13.4. The number of halogens is 1. The summed E-state index contributed by atoms with van der Waals surface area (Å²) in [6, 6.07) is 9.69. The Balaban J connectivity index is 1.59. The van der Waals surface area contributed by atoms with Gasteiger partial charge in [-0.2, -0.15) is 9.90 Å². The normalized spacial score (nSPS) is 10.9. The zero-order valence-corrected chi connectivity index (χ0v) is 16.8. The van der Waals surface area contributed by atoms with E-state index in [1.165, 1.54) is 28.3 Å². The summed E-state index contributed by atoms with van der Waals surface area (Å²) in [7, 11) is 1.62. The van der Waals surface area contributed by atoms with Crippen molar-refractivity contribution in [3.63, 3.8) is 0 Å². The number of nitrogens with zero attached hydrogens (tertiary/aromatic N) is 5. The van der Waals surface area contributed by atoms with E-state index in [2.05, 4.69) is 25.5 Å². The minimum absolute atomic E-state index is 0.139. The molecule has 0 aliphatic carbocycles. The lowest BCUT2D eigenvalue weighted by molar-refractivity contribution is 0.102. The first-order chi connectivity index (χ1) is 13.9. The van der Waals surface area contributed by atoms with Crippen molar-refractivity contribution >= 4 is 22.4 Å². The maximum absolute atomic E-state index is 13.2. The van der Waals surface area contributed by atoms with Crippen LogP contribution in [0.2, 0.25) is 0 Å². The van der Waals surface area contributed by atoms with Gasteiger partial charge in [0.15, 0.2) is 10.8 Å². The topological polar surface area (TPSA) is 85.6 Å². The highest BCUT2D eigenvalue weighted by atomic mass is 32.1. The lowest BCUT2D eigenvalue weighted by Gasteiger charge is -2.02. The molecular weight excluding hydrogens is 391 g/mol. The fourth-order valence-corrected chi connectivity index (χ4v) is 3.64. The van der Waals surface area contributed by atoms with Gasteiger partial charge in [0.25, 0.3) is 5.91 Å². The summed E-state index contributed by atoms with van der Waals surface area (Å²) >= 11 is 1.30. The van der Waals surface area contributed by atoms with E-state index in [0.29, 0.717) is 22.1 Å². The Hall–Kier alpha value is -3.46. The quantitative estimate of drug-likeness (QED) is 0.551. The van der Waals surface area contributed by atoms with Gasteiger partial charge in [-0.15, -0.1) is 16.4 Å². The van der Waals surface area contributed by atoms with Crippen LogP contribution in [0.5, 0.6) is 0 Å². The third-order valence-corrected chi connectivity index (χ3v) is 4.89. The monoisotopic (exact) mass is 408 g/mol. The molecule has 0 radical (unpaired) electrons. The maximum Gasteiger partial charge on any atom is 0.280 e. The number of amides is 1. The highest BCUT2D eigenvalue weighted by Crippen LogP contribution is 2.26. The summed E-state index contributed by atoms with van der Waals surface area (Å²) in [6.45, 7) is 3.93. The zero-order valence-electron chi connectivity index (χ0n) is 16.0. The Morgan fingerprint density at radius 3 is 2.55 bits per heavy atom. The van der Waals surface area contributed by atoms with Crippen molar-refractivity contribution in [2.45, 2.75) is 13.8 Å². The Morgan fingerprint density at radius 2 is 1.83 bits per heavy atom. The predicted octanol–water partition coefficient (Wildman–Crippen LogP) is 4.01. The van der Waals surface area contributed by atoms with Crippen LogP contribution in [0.15, 0.2) is 41.8 Å². The first kappa shape index (κ1) is 18.9. The first-order valence-electron chi connectivity index (χ1n) is 8.79. The number of pyridine rings is 1. The second-order valence-corrected chi connectivity index (χ2v) is 7.41. The number of hydrogen-bond acceptors (Lipinski definition) is 6. The van der Waals surface area contributed by atoms with Gasteiger partial charge in [0.2, 0.25) is 0 Å². The van der Waals surface area contributed by atoms with Crippen molar-refractivity contribution in [3.8, 4) is 22.6 Å². The predicted molar refractivity (Wildman–Crippen MR) is 109 cm³/mol. The average molecular weight is 408 g/mol. The molecule has 0 bridgehead atoms. The van der Waals surface area contributed by atoms with E-state index in [1.54, 1.807) is 19.2 Å². The van der Waals surface area contributed by atoms with Crippen LogP contribution in [0, 0.1) is 19.7 Å². The fourth-order valence-electron chi connectivity index (χ4n) is 2.94. The molecule has 0 saturated carbocycles. The van der Waals surface area contributed by atoms with Crippen LogP contribution >= 0.6 is 11.3 Å². The minimum atomic E-state index is -0.438. The van der Waals surface area contributed by atoms with Crippen LogP contribution < -0.4 is 5.32 Å². The second-order valence-electron chi connectivity index (χ2n) is 6.56. The van der Waals surface area contributed by atoms with Gasteiger partial charge in [-0.3, -0.25) is 15.1 Å². The van der Waals surface area contributed by atoms with Crippen LogP contribution in [-0.2, 0) is 7.05 Å². The van der Waals surface area contributed by atoms with E-state index in [1.807, 2.05) is 31.4 Å². The largest absolute Gasteiger partial charge is 0.296 e. The number of anilines is 1. The van der Waals surface area contributed by atoms with Crippen molar-refractivity contribution in [2.24, 2.45) is 7.05 Å². The van der Waals surface area contributed by atoms with Crippen LogP contribution in [0.3, 0.4) is 0 Å². The van der Waals surface area contributed by atoms with E-state index in [4.69, 9.17) is 0 Å². The standard InChI is InChI=1S/C20H17FN6OS/c1-11-8-12(2)22-15(9-11)16-10-29-20(23-16)24-19(28)18-17(25-27(3)26-18)13-4-6-14(21)7-5-13/h4-10H,1-3H3,(H,23,24,28). The van der Waals surface area contributed by atoms with E-state index in [0.717, 1.165) is 17.0 Å². The Morgan fingerprint density at radius 1 is 1.07 bits per heavy atom. The smallest absolute Gasteiger partial charge is 0.280 e. The van der Waals surface area contributed by atoms with Gasteiger partial charge in [-0.05, 0) is 55.8 Å². The van der Waals surface area contributed by atoms with Crippen LogP contribution in [-0.4, -0.2) is 30.9 Å². The molecular formula is C20H17FN6OS. The third kappa shape index (κ3) is 4.04. The third-order valence-electron chi connectivity index (χ3n) is 4.13. The van der Waals surface area contributed by atoms with Crippen molar-refractivity contribution < 1.29 is 9.18 Å². The van der Waals surface area contributed by atoms with Crippen molar-refractivity contribution in [1.29, 1.82) is 0 Å². The summed E-state index contributed by atoms with van der Waals surface area (Å²) in [4.78, 5) is 23.1. The molecule has 146 valence electrons. The van der Waals surface area contributed by atoms with Crippen LogP contribution in [0.25, 0.3) is 22.6 Å². The van der Waals surface area contributed by atoms with Crippen LogP contribution in [0.4, 0.5) is 9.52 Å². The summed E-state index contributed by atoms with van der Waals surface area (Å²) in [6.07, 6.45) is 0. The van der Waals surface area contributed by atoms with Gasteiger partial charge in [0, 0.05) is 23.7 Å². The van der Waals surface area contributed by atoms with E-state index >= 15 is 0 Å². The fraction of sp³-hybridized carbons (Fsp3) is 0.150. The van der Waals surface area contributed by atoms with Gasteiger partial charge >= 0.3 is 0 Å². The molecule has 1 amide bonds. The molecule has 0 atom stereocenters. The van der Waals surface area contributed by atoms with Gasteiger partial charge < -0.3 is 0 Å². The molecule has 9 heteroatoms. The number of hydrogen-bond donors (Lipinski definition) is 1. The number of aromatic nitrogens is 5. The number of thiazole rings is 1. The molecule has 1 N–H and O–H groups in total. The van der Waals surface area contributed by atoms with Gasteiger partial charge in [-0.1, -0.05) is 0 Å². The number of nitrogens with one attached hydrogen (secondary N) is 1. The SMILES string of the molecule is Cc1cc(C)nc(-c2csc(NC(=O)c3nn(C)nc3-c3ccc(F)cc3)n2)c1. The molecule has 0 fully saturated rings. The second kappa shape index (κ2) is 7.51. The van der Waals surface area contributed by atoms with Gasteiger partial charge in [-0.25, -0.2) is 9.37 Å². The lowest BCUT2D eigenvalue weighted by Crippen LogP contribution is -2.14. The van der Waals surface area contributed by atoms with E-state index < -0.39 is 5.91 Å². The highest BCUT2D eigenvalue weighted by molar-refractivity contribution is 7.14. The van der Waals surface area contributed by atoms with Crippen molar-refractivity contribution in [3.05, 3.63) is 64.5 Å². The maximum atomic E-state index is 13.2. The molecule has 0 aliphatic rings. The molecule has 7 nitrogen and oxygen atoms in total. The van der Waals surface area contributed by atoms with E-state index in [9.17, 15) is 9.18 Å².